The topological polar surface area (TPSA) is 90.0 Å². The van der Waals surface area contributed by atoms with Crippen LogP contribution in [-0.4, -0.2) is 59.8 Å². The molecule has 1 aromatic carbocycles. The van der Waals surface area contributed by atoms with E-state index in [1.807, 2.05) is 0 Å². The van der Waals surface area contributed by atoms with Crippen LogP contribution in [0.25, 0.3) is 0 Å². The first-order chi connectivity index (χ1) is 11.3. The predicted molar refractivity (Wildman–Crippen MR) is 84.2 cm³/mol. The zero-order valence-electron chi connectivity index (χ0n) is 12.6. The van der Waals surface area contributed by atoms with Gasteiger partial charge in [-0.1, -0.05) is 11.6 Å². The van der Waals surface area contributed by atoms with Crippen LogP contribution >= 0.6 is 11.6 Å². The number of carbonyl (C=O) groups is 3. The molecule has 3 amide bonds. The summed E-state index contributed by atoms with van der Waals surface area (Å²) >= 11 is 6.11. The van der Waals surface area contributed by atoms with Crippen LogP contribution < -0.4 is 10.2 Å². The highest BCUT2D eigenvalue weighted by Crippen LogP contribution is 2.31. The van der Waals surface area contributed by atoms with Gasteiger partial charge in [-0.25, -0.2) is 14.0 Å². The zero-order valence-corrected chi connectivity index (χ0v) is 13.3. The van der Waals surface area contributed by atoms with Crippen molar-refractivity contribution < 1.29 is 23.9 Å². The molecule has 2 saturated heterocycles. The number of halogens is 2. The first-order valence-corrected chi connectivity index (χ1v) is 7.76. The van der Waals surface area contributed by atoms with E-state index in [-0.39, 0.29) is 24.6 Å². The molecule has 128 valence electrons. The second-order valence-electron chi connectivity index (χ2n) is 5.80. The van der Waals surface area contributed by atoms with Gasteiger partial charge in [0.1, 0.15) is 0 Å². The number of hydrogen-bond acceptors (Lipinski definition) is 3. The molecule has 0 saturated carbocycles. The average molecular weight is 356 g/mol. The molecule has 1 unspecified atom stereocenters. The standard InChI is InChI=1S/C15H15ClFN3O4/c16-10-2-1-9(7-11(10)20-6-4-18-14(20)24)12(21)19-5-3-15(17,8-19)13(22)23/h1-2,7H,3-6,8H2,(H,18,24)(H,22,23). The summed E-state index contributed by atoms with van der Waals surface area (Å²) in [7, 11) is 0. The number of hydrogen-bond donors (Lipinski definition) is 2. The maximum absolute atomic E-state index is 14.1. The normalized spacial score (nSPS) is 23.5. The smallest absolute Gasteiger partial charge is 0.343 e. The number of carboxylic acid groups (broad SMARTS) is 1. The number of urea groups is 1. The number of nitrogens with one attached hydrogen (secondary N) is 1. The number of benzene rings is 1. The van der Waals surface area contributed by atoms with Crippen molar-refractivity contribution in [2.75, 3.05) is 31.1 Å². The molecule has 0 spiro atoms. The highest BCUT2D eigenvalue weighted by molar-refractivity contribution is 6.34. The van der Waals surface area contributed by atoms with Crippen LogP contribution in [0.15, 0.2) is 18.2 Å². The maximum Gasteiger partial charge on any atom is 0.343 e. The summed E-state index contributed by atoms with van der Waals surface area (Å²) in [6, 6.07) is 4.12. The van der Waals surface area contributed by atoms with E-state index in [2.05, 4.69) is 5.32 Å². The molecule has 1 atom stereocenters. The van der Waals surface area contributed by atoms with Crippen LogP contribution in [-0.2, 0) is 4.79 Å². The Morgan fingerprint density at radius 1 is 1.33 bits per heavy atom. The van der Waals surface area contributed by atoms with E-state index in [9.17, 15) is 18.8 Å². The van der Waals surface area contributed by atoms with Gasteiger partial charge >= 0.3 is 12.0 Å². The number of aliphatic carboxylic acids is 1. The van der Waals surface area contributed by atoms with Crippen molar-refractivity contribution >= 4 is 35.2 Å². The number of anilines is 1. The average Bonchev–Trinajstić information content (AvgIpc) is 3.14. The maximum atomic E-state index is 14.1. The summed E-state index contributed by atoms with van der Waals surface area (Å²) in [4.78, 5) is 37.8. The van der Waals surface area contributed by atoms with E-state index in [0.29, 0.717) is 23.8 Å². The van der Waals surface area contributed by atoms with E-state index < -0.39 is 24.1 Å². The molecule has 3 rings (SSSR count). The third kappa shape index (κ3) is 2.77. The van der Waals surface area contributed by atoms with Crippen molar-refractivity contribution in [3.8, 4) is 0 Å². The van der Waals surface area contributed by atoms with Crippen LogP contribution in [0, 0.1) is 0 Å². The second-order valence-corrected chi connectivity index (χ2v) is 6.20. The lowest BCUT2D eigenvalue weighted by atomic mass is 10.1. The highest BCUT2D eigenvalue weighted by Gasteiger charge is 2.47. The van der Waals surface area contributed by atoms with Crippen LogP contribution in [0.3, 0.4) is 0 Å². The van der Waals surface area contributed by atoms with E-state index in [1.165, 1.54) is 23.1 Å². The van der Waals surface area contributed by atoms with Crippen molar-refractivity contribution in [2.45, 2.75) is 12.1 Å². The number of amides is 3. The Morgan fingerprint density at radius 3 is 2.67 bits per heavy atom. The Balaban J connectivity index is 1.84. The van der Waals surface area contributed by atoms with Gasteiger partial charge in [-0.15, -0.1) is 0 Å². The van der Waals surface area contributed by atoms with Gasteiger partial charge in [-0.3, -0.25) is 9.69 Å². The van der Waals surface area contributed by atoms with E-state index in [4.69, 9.17) is 16.7 Å². The first kappa shape index (κ1) is 16.5. The van der Waals surface area contributed by atoms with Crippen molar-refractivity contribution in [3.63, 3.8) is 0 Å². The Kier molecular flexibility index (Phi) is 4.08. The molecule has 2 fully saturated rings. The molecule has 9 heteroatoms. The molecular weight excluding hydrogens is 341 g/mol. The minimum absolute atomic E-state index is 0.0177. The third-order valence-electron chi connectivity index (χ3n) is 4.23. The third-order valence-corrected chi connectivity index (χ3v) is 4.55. The van der Waals surface area contributed by atoms with Gasteiger partial charge in [0.15, 0.2) is 0 Å². The summed E-state index contributed by atoms with van der Waals surface area (Å²) in [6.45, 7) is 0.419. The zero-order chi connectivity index (χ0) is 17.5. The first-order valence-electron chi connectivity index (χ1n) is 7.38. The molecule has 2 aliphatic heterocycles. The van der Waals surface area contributed by atoms with Gasteiger partial charge in [0.05, 0.1) is 17.3 Å². The Morgan fingerprint density at radius 2 is 2.08 bits per heavy atom. The number of likely N-dealkylation sites (tertiary alicyclic amines) is 1. The Bertz CT molecular complexity index is 729. The van der Waals surface area contributed by atoms with Crippen molar-refractivity contribution in [1.29, 1.82) is 0 Å². The van der Waals surface area contributed by atoms with Gasteiger partial charge in [0.2, 0.25) is 5.67 Å². The van der Waals surface area contributed by atoms with Gasteiger partial charge in [0, 0.05) is 31.6 Å². The predicted octanol–water partition coefficient (Wildman–Crippen LogP) is 1.51. The van der Waals surface area contributed by atoms with E-state index >= 15 is 0 Å². The summed E-state index contributed by atoms with van der Waals surface area (Å²) in [5.41, 5.74) is -1.80. The fraction of sp³-hybridized carbons (Fsp3) is 0.400. The lowest BCUT2D eigenvalue weighted by Crippen LogP contribution is -2.39. The molecule has 0 bridgehead atoms. The summed E-state index contributed by atoms with van der Waals surface area (Å²) < 4.78 is 14.1. The van der Waals surface area contributed by atoms with Gasteiger partial charge < -0.3 is 15.3 Å². The lowest BCUT2D eigenvalue weighted by Gasteiger charge is -2.20. The van der Waals surface area contributed by atoms with Crippen molar-refractivity contribution in [2.24, 2.45) is 0 Å². The van der Waals surface area contributed by atoms with Crippen LogP contribution in [0.2, 0.25) is 5.02 Å². The highest BCUT2D eigenvalue weighted by atomic mass is 35.5. The van der Waals surface area contributed by atoms with Gasteiger partial charge in [-0.2, -0.15) is 0 Å². The summed E-state index contributed by atoms with van der Waals surface area (Å²) in [6.07, 6.45) is -0.247. The molecular formula is C15H15ClFN3O4. The Hall–Kier alpha value is -2.35. The van der Waals surface area contributed by atoms with Gasteiger partial charge in [-0.05, 0) is 18.2 Å². The van der Waals surface area contributed by atoms with Crippen LogP contribution in [0.4, 0.5) is 14.9 Å². The van der Waals surface area contributed by atoms with E-state index in [0.717, 1.165) is 4.90 Å². The van der Waals surface area contributed by atoms with E-state index in [1.54, 1.807) is 0 Å². The Labute approximate surface area is 142 Å². The van der Waals surface area contributed by atoms with Crippen molar-refractivity contribution in [3.05, 3.63) is 28.8 Å². The summed E-state index contributed by atoms with van der Waals surface area (Å²) in [5, 5.41) is 11.9. The summed E-state index contributed by atoms with van der Waals surface area (Å²) in [5.74, 6) is -2.06. The molecule has 2 heterocycles. The lowest BCUT2D eigenvalue weighted by molar-refractivity contribution is -0.149. The molecule has 0 radical (unpaired) electrons. The molecule has 1 aromatic rings. The monoisotopic (exact) mass is 355 g/mol. The molecule has 0 aromatic heterocycles. The SMILES string of the molecule is O=C(c1ccc(Cl)c(N2CCNC2=O)c1)N1CCC(F)(C(=O)O)C1. The quantitative estimate of drug-likeness (QED) is 0.860. The number of rotatable bonds is 3. The van der Waals surface area contributed by atoms with Crippen LogP contribution in [0.5, 0.6) is 0 Å². The molecule has 24 heavy (non-hydrogen) atoms. The molecule has 2 N–H and O–H groups in total. The molecule has 7 nitrogen and oxygen atoms in total. The largest absolute Gasteiger partial charge is 0.479 e. The number of nitrogens with zero attached hydrogens (tertiary/aromatic N) is 2. The van der Waals surface area contributed by atoms with Crippen molar-refractivity contribution in [1.82, 2.24) is 10.2 Å². The minimum Gasteiger partial charge on any atom is -0.479 e. The number of carbonyl (C=O) groups excluding carboxylic acids is 2. The fourth-order valence-corrected chi connectivity index (χ4v) is 3.08. The minimum atomic E-state index is -2.42. The number of alkyl halides is 1. The van der Waals surface area contributed by atoms with Crippen LogP contribution in [0.1, 0.15) is 16.8 Å². The van der Waals surface area contributed by atoms with Gasteiger partial charge in [0.25, 0.3) is 5.91 Å². The molecule has 2 aliphatic rings. The number of carboxylic acids is 1. The fourth-order valence-electron chi connectivity index (χ4n) is 2.86. The second kappa shape index (κ2) is 5.94. The molecule has 0 aliphatic carbocycles.